The Bertz CT molecular complexity index is 415. The molecule has 1 saturated heterocycles. The molecule has 112 valence electrons. The summed E-state index contributed by atoms with van der Waals surface area (Å²) in [6, 6.07) is 0.296. The molecule has 20 heavy (non-hydrogen) atoms. The highest BCUT2D eigenvalue weighted by molar-refractivity contribution is 6.07. The topological polar surface area (TPSA) is 52.6 Å². The number of carbonyl (C=O) groups is 2. The van der Waals surface area contributed by atoms with Crippen LogP contribution in [0.2, 0.25) is 0 Å². The van der Waals surface area contributed by atoms with Crippen molar-refractivity contribution in [1.29, 1.82) is 0 Å². The second kappa shape index (κ2) is 5.02. The second-order valence-electron chi connectivity index (χ2n) is 6.83. The molecular formula is C15H25N3O2. The zero-order chi connectivity index (χ0) is 14.3. The largest absolute Gasteiger partial charge is 0.326 e. The van der Waals surface area contributed by atoms with Crippen molar-refractivity contribution in [2.75, 3.05) is 13.7 Å². The highest BCUT2D eigenvalue weighted by Crippen LogP contribution is 2.42. The third-order valence-electron chi connectivity index (χ3n) is 5.26. The van der Waals surface area contributed by atoms with Gasteiger partial charge in [0, 0.05) is 6.04 Å². The van der Waals surface area contributed by atoms with Gasteiger partial charge in [0.15, 0.2) is 0 Å². The number of hydrogen-bond donors (Lipinski definition) is 1. The maximum absolute atomic E-state index is 12.6. The fourth-order valence-electron chi connectivity index (χ4n) is 3.64. The molecule has 0 aromatic rings. The van der Waals surface area contributed by atoms with Crippen molar-refractivity contribution in [2.24, 2.45) is 5.92 Å². The van der Waals surface area contributed by atoms with Gasteiger partial charge in [-0.05, 0) is 45.6 Å². The van der Waals surface area contributed by atoms with E-state index in [0.29, 0.717) is 18.6 Å². The van der Waals surface area contributed by atoms with E-state index < -0.39 is 5.54 Å². The fourth-order valence-corrected chi connectivity index (χ4v) is 3.64. The Hall–Kier alpha value is -1.10. The normalized spacial score (nSPS) is 32.0. The SMILES string of the molecule is CN(CN1C(=O)N[C@](C)(C2CC2)C1=O)C1CCCCC1. The van der Waals surface area contributed by atoms with E-state index in [1.807, 2.05) is 14.0 Å². The quantitative estimate of drug-likeness (QED) is 0.800. The molecule has 1 atom stereocenters. The van der Waals surface area contributed by atoms with Crippen molar-refractivity contribution in [3.63, 3.8) is 0 Å². The molecule has 1 N–H and O–H groups in total. The summed E-state index contributed by atoms with van der Waals surface area (Å²) < 4.78 is 0. The van der Waals surface area contributed by atoms with Crippen LogP contribution in [0.1, 0.15) is 51.9 Å². The standard InChI is InChI=1S/C15H25N3O2/c1-15(11-8-9-11)13(19)18(14(20)16-15)10-17(2)12-6-4-3-5-7-12/h11-12H,3-10H2,1-2H3,(H,16,20)/t15-/m1/s1. The zero-order valence-electron chi connectivity index (χ0n) is 12.5. The Kier molecular flexibility index (Phi) is 3.48. The number of nitrogens with one attached hydrogen (secondary N) is 1. The van der Waals surface area contributed by atoms with Gasteiger partial charge in [-0.2, -0.15) is 0 Å². The average molecular weight is 279 g/mol. The minimum Gasteiger partial charge on any atom is -0.323 e. The molecule has 2 saturated carbocycles. The smallest absolute Gasteiger partial charge is 0.323 e. The van der Waals surface area contributed by atoms with E-state index in [1.54, 1.807) is 0 Å². The molecule has 0 unspecified atom stereocenters. The number of amides is 3. The Morgan fingerprint density at radius 2 is 1.85 bits per heavy atom. The van der Waals surface area contributed by atoms with E-state index in [-0.39, 0.29) is 11.9 Å². The highest BCUT2D eigenvalue weighted by atomic mass is 16.2. The van der Waals surface area contributed by atoms with Crippen LogP contribution >= 0.6 is 0 Å². The number of hydrogen-bond acceptors (Lipinski definition) is 3. The van der Waals surface area contributed by atoms with Crippen LogP contribution in [0.3, 0.4) is 0 Å². The van der Waals surface area contributed by atoms with Crippen LogP contribution in [0.15, 0.2) is 0 Å². The Labute approximate surface area is 120 Å². The molecule has 5 heteroatoms. The van der Waals surface area contributed by atoms with Crippen LogP contribution in [0.5, 0.6) is 0 Å². The summed E-state index contributed by atoms with van der Waals surface area (Å²) in [6.45, 7) is 2.31. The Morgan fingerprint density at radius 3 is 2.45 bits per heavy atom. The van der Waals surface area contributed by atoms with Crippen LogP contribution < -0.4 is 5.32 Å². The van der Waals surface area contributed by atoms with Crippen molar-refractivity contribution in [3.8, 4) is 0 Å². The molecule has 3 aliphatic rings. The zero-order valence-corrected chi connectivity index (χ0v) is 12.5. The minimum atomic E-state index is -0.648. The lowest BCUT2D eigenvalue weighted by molar-refractivity contribution is -0.133. The van der Waals surface area contributed by atoms with Gasteiger partial charge in [0.2, 0.25) is 0 Å². The minimum absolute atomic E-state index is 0.0346. The maximum Gasteiger partial charge on any atom is 0.326 e. The van der Waals surface area contributed by atoms with Crippen LogP contribution in [0.25, 0.3) is 0 Å². The summed E-state index contributed by atoms with van der Waals surface area (Å²) in [6.07, 6.45) is 8.29. The third kappa shape index (κ3) is 2.32. The van der Waals surface area contributed by atoms with Crippen LogP contribution in [0.4, 0.5) is 4.79 Å². The second-order valence-corrected chi connectivity index (χ2v) is 6.83. The first-order chi connectivity index (χ1) is 9.52. The molecule has 1 heterocycles. The van der Waals surface area contributed by atoms with E-state index in [0.717, 1.165) is 12.8 Å². The van der Waals surface area contributed by atoms with E-state index in [1.165, 1.54) is 37.0 Å². The van der Waals surface area contributed by atoms with Gasteiger partial charge in [0.1, 0.15) is 5.54 Å². The molecule has 0 bridgehead atoms. The van der Waals surface area contributed by atoms with Crippen molar-refractivity contribution >= 4 is 11.9 Å². The first-order valence-electron chi connectivity index (χ1n) is 7.86. The number of carbonyl (C=O) groups excluding carboxylic acids is 2. The van der Waals surface area contributed by atoms with E-state index in [4.69, 9.17) is 0 Å². The fraction of sp³-hybridized carbons (Fsp3) is 0.867. The van der Waals surface area contributed by atoms with E-state index in [9.17, 15) is 9.59 Å². The van der Waals surface area contributed by atoms with Gasteiger partial charge in [-0.3, -0.25) is 9.69 Å². The number of imide groups is 1. The molecule has 3 amide bonds. The van der Waals surface area contributed by atoms with Crippen molar-refractivity contribution in [2.45, 2.75) is 63.5 Å². The van der Waals surface area contributed by atoms with Crippen molar-refractivity contribution < 1.29 is 9.59 Å². The lowest BCUT2D eigenvalue weighted by atomic mass is 9.94. The molecule has 1 aliphatic heterocycles. The van der Waals surface area contributed by atoms with Crippen LogP contribution in [-0.4, -0.2) is 47.0 Å². The molecule has 2 aliphatic carbocycles. The third-order valence-corrected chi connectivity index (χ3v) is 5.26. The molecule has 0 spiro atoms. The Morgan fingerprint density at radius 1 is 1.20 bits per heavy atom. The van der Waals surface area contributed by atoms with Crippen LogP contribution in [0, 0.1) is 5.92 Å². The van der Waals surface area contributed by atoms with E-state index in [2.05, 4.69) is 10.2 Å². The molecule has 0 radical (unpaired) electrons. The summed E-state index contributed by atoms with van der Waals surface area (Å²) in [5.74, 6) is 0.302. The summed E-state index contributed by atoms with van der Waals surface area (Å²) >= 11 is 0. The molecule has 0 aromatic heterocycles. The first-order valence-corrected chi connectivity index (χ1v) is 7.86. The van der Waals surface area contributed by atoms with Gasteiger partial charge >= 0.3 is 6.03 Å². The van der Waals surface area contributed by atoms with E-state index >= 15 is 0 Å². The predicted molar refractivity (Wildman–Crippen MR) is 76.0 cm³/mol. The van der Waals surface area contributed by atoms with Gasteiger partial charge in [-0.1, -0.05) is 19.3 Å². The predicted octanol–water partition coefficient (Wildman–Crippen LogP) is 1.93. The summed E-state index contributed by atoms with van der Waals surface area (Å²) in [5, 5.41) is 2.91. The van der Waals surface area contributed by atoms with Crippen molar-refractivity contribution in [3.05, 3.63) is 0 Å². The average Bonchev–Trinajstić information content (AvgIpc) is 3.26. The molecule has 0 aromatic carbocycles. The van der Waals surface area contributed by atoms with Crippen LogP contribution in [-0.2, 0) is 4.79 Å². The number of nitrogens with zero attached hydrogens (tertiary/aromatic N) is 2. The summed E-state index contributed by atoms with van der Waals surface area (Å²) in [4.78, 5) is 28.3. The first kappa shape index (κ1) is 13.9. The van der Waals surface area contributed by atoms with Gasteiger partial charge < -0.3 is 5.32 Å². The van der Waals surface area contributed by atoms with Gasteiger partial charge in [-0.15, -0.1) is 0 Å². The lowest BCUT2D eigenvalue weighted by Crippen LogP contribution is -2.48. The molecule has 5 nitrogen and oxygen atoms in total. The number of rotatable bonds is 4. The van der Waals surface area contributed by atoms with Crippen molar-refractivity contribution in [1.82, 2.24) is 15.1 Å². The lowest BCUT2D eigenvalue weighted by Gasteiger charge is -2.33. The van der Waals surface area contributed by atoms with Gasteiger partial charge in [0.25, 0.3) is 5.91 Å². The summed E-state index contributed by atoms with van der Waals surface area (Å²) in [7, 11) is 2.03. The highest BCUT2D eigenvalue weighted by Gasteiger charge is 2.56. The maximum atomic E-state index is 12.6. The number of urea groups is 1. The molecule has 3 rings (SSSR count). The van der Waals surface area contributed by atoms with Gasteiger partial charge in [-0.25, -0.2) is 9.69 Å². The Balaban J connectivity index is 1.64. The summed E-state index contributed by atoms with van der Waals surface area (Å²) in [5.41, 5.74) is -0.648. The monoisotopic (exact) mass is 279 g/mol. The molecular weight excluding hydrogens is 254 g/mol. The van der Waals surface area contributed by atoms with Gasteiger partial charge in [0.05, 0.1) is 6.67 Å². The molecule has 3 fully saturated rings.